The van der Waals surface area contributed by atoms with E-state index in [4.69, 9.17) is 0 Å². The first kappa shape index (κ1) is 20.2. The zero-order valence-electron chi connectivity index (χ0n) is 16.1. The molecule has 5 N–H and O–H groups in total. The largest absolute Gasteiger partial charge is 0.352 e. The van der Waals surface area contributed by atoms with Gasteiger partial charge in [0, 0.05) is 47.9 Å². The lowest BCUT2D eigenvalue weighted by atomic mass is 10.1. The molecular weight excluding hydrogens is 406 g/mol. The second-order valence-electron chi connectivity index (χ2n) is 7.30. The molecule has 2 aromatic heterocycles. The van der Waals surface area contributed by atoms with Crippen molar-refractivity contribution in [3.63, 3.8) is 0 Å². The first-order valence-corrected chi connectivity index (χ1v) is 11.4. The number of nitrogens with zero attached hydrogens (tertiary/aromatic N) is 2. The molecule has 158 valence electrons. The molecule has 0 bridgehead atoms. The lowest BCUT2D eigenvalue weighted by Crippen LogP contribution is -2.29. The fourth-order valence-electron chi connectivity index (χ4n) is 3.39. The summed E-state index contributed by atoms with van der Waals surface area (Å²) in [6, 6.07) is 9.73. The van der Waals surface area contributed by atoms with Gasteiger partial charge in [0.25, 0.3) is 5.91 Å². The van der Waals surface area contributed by atoms with E-state index in [2.05, 4.69) is 20.9 Å². The van der Waals surface area contributed by atoms with Crippen LogP contribution in [-0.4, -0.2) is 48.5 Å². The van der Waals surface area contributed by atoms with Gasteiger partial charge in [-0.1, -0.05) is 0 Å². The van der Waals surface area contributed by atoms with E-state index in [0.29, 0.717) is 41.4 Å². The molecule has 0 aliphatic carbocycles. The Morgan fingerprint density at radius 3 is 2.57 bits per heavy atom. The molecule has 0 spiro atoms. The fourth-order valence-corrected chi connectivity index (χ4v) is 5.31. The third-order valence-corrected chi connectivity index (χ3v) is 6.85. The third kappa shape index (κ3) is 4.90. The van der Waals surface area contributed by atoms with Gasteiger partial charge in [0.15, 0.2) is 0 Å². The Kier molecular flexibility index (Phi) is 5.62. The van der Waals surface area contributed by atoms with Crippen LogP contribution in [0.5, 0.6) is 0 Å². The van der Waals surface area contributed by atoms with Crippen LogP contribution >= 0.6 is 10.6 Å². The average molecular weight is 430 g/mol. The van der Waals surface area contributed by atoms with Crippen LogP contribution in [0, 0.1) is 5.92 Å². The molecule has 1 atom stereocenters. The minimum absolute atomic E-state index is 0.0881. The van der Waals surface area contributed by atoms with Crippen LogP contribution in [-0.2, 0) is 0 Å². The van der Waals surface area contributed by atoms with Gasteiger partial charge in [0.2, 0.25) is 0 Å². The zero-order valence-corrected chi connectivity index (χ0v) is 16.9. The topological polar surface area (TPSA) is 128 Å². The van der Waals surface area contributed by atoms with Crippen molar-refractivity contribution in [2.45, 2.75) is 6.42 Å². The van der Waals surface area contributed by atoms with Crippen LogP contribution in [0.25, 0.3) is 5.65 Å². The van der Waals surface area contributed by atoms with Gasteiger partial charge in [0.1, 0.15) is 5.65 Å². The van der Waals surface area contributed by atoms with E-state index in [1.54, 1.807) is 59.4 Å². The van der Waals surface area contributed by atoms with Crippen molar-refractivity contribution in [2.24, 2.45) is 5.92 Å². The van der Waals surface area contributed by atoms with Crippen LogP contribution in [0.1, 0.15) is 16.8 Å². The van der Waals surface area contributed by atoms with Crippen molar-refractivity contribution < 1.29 is 18.7 Å². The predicted molar refractivity (Wildman–Crippen MR) is 117 cm³/mol. The summed E-state index contributed by atoms with van der Waals surface area (Å²) in [6.07, 6.45) is 5.94. The van der Waals surface area contributed by atoms with E-state index < -0.39 is 16.6 Å². The lowest BCUT2D eigenvalue weighted by molar-refractivity contribution is 0.0948. The maximum atomic E-state index is 12.3. The van der Waals surface area contributed by atoms with E-state index in [9.17, 15) is 18.7 Å². The van der Waals surface area contributed by atoms with Gasteiger partial charge in [-0.3, -0.25) is 13.9 Å². The summed E-state index contributed by atoms with van der Waals surface area (Å²) < 4.78 is 21.1. The smallest absolute Gasteiger partial charge is 0.323 e. The van der Waals surface area contributed by atoms with Crippen molar-refractivity contribution in [1.82, 2.24) is 14.7 Å². The quantitative estimate of drug-likeness (QED) is 0.424. The van der Waals surface area contributed by atoms with Crippen molar-refractivity contribution in [1.29, 1.82) is 0 Å². The van der Waals surface area contributed by atoms with Gasteiger partial charge in [-0.15, -0.1) is 0 Å². The molecule has 3 aromatic rings. The fraction of sp³-hybridized carbons (Fsp3) is 0.250. The maximum absolute atomic E-state index is 12.3. The highest BCUT2D eigenvalue weighted by Crippen LogP contribution is 2.48. The van der Waals surface area contributed by atoms with Gasteiger partial charge in [-0.2, -0.15) is 10.6 Å². The van der Waals surface area contributed by atoms with Crippen LogP contribution in [0.2, 0.25) is 0 Å². The number of aromatic nitrogens is 2. The predicted octanol–water partition coefficient (Wildman–Crippen LogP) is 3.48. The summed E-state index contributed by atoms with van der Waals surface area (Å²) in [5.74, 6) is 0.610. The molecule has 4 rings (SSSR count). The molecule has 3 heterocycles. The summed E-state index contributed by atoms with van der Waals surface area (Å²) in [5.41, 5.74) is 2.43. The Morgan fingerprint density at radius 2 is 1.83 bits per heavy atom. The van der Waals surface area contributed by atoms with Gasteiger partial charge >= 0.3 is 6.03 Å². The highest BCUT2D eigenvalue weighted by molar-refractivity contribution is 8.24. The molecule has 1 aliphatic heterocycles. The average Bonchev–Trinajstić information content (AvgIpc) is 3.32. The second kappa shape index (κ2) is 8.34. The number of urea groups is 1. The third-order valence-electron chi connectivity index (χ3n) is 4.96. The molecule has 30 heavy (non-hydrogen) atoms. The SMILES string of the molecule is O=C(Nc1ccc(C(=O)NCC2CCS(O)(O)C2)cc1)Nc1ccc2nccn2c1. The minimum Gasteiger partial charge on any atom is -0.352 e. The second-order valence-corrected chi connectivity index (χ2v) is 9.65. The number of hydrogen-bond acceptors (Lipinski definition) is 5. The Hall–Kier alpha value is -3.08. The molecule has 9 nitrogen and oxygen atoms in total. The van der Waals surface area contributed by atoms with E-state index in [1.807, 2.05) is 0 Å². The molecule has 1 saturated heterocycles. The molecular formula is C20H23N5O4S. The number of anilines is 2. The number of pyridine rings is 1. The lowest BCUT2D eigenvalue weighted by Gasteiger charge is -2.26. The number of carbonyl (C=O) groups is 2. The molecule has 3 amide bonds. The van der Waals surface area contributed by atoms with Gasteiger partial charge in [0.05, 0.1) is 5.69 Å². The van der Waals surface area contributed by atoms with Gasteiger partial charge in [-0.25, -0.2) is 9.78 Å². The molecule has 0 saturated carbocycles. The van der Waals surface area contributed by atoms with Crippen LogP contribution in [0.4, 0.5) is 16.2 Å². The number of imidazole rings is 1. The van der Waals surface area contributed by atoms with Crippen molar-refractivity contribution in [2.75, 3.05) is 28.7 Å². The van der Waals surface area contributed by atoms with Crippen LogP contribution in [0.15, 0.2) is 55.0 Å². The van der Waals surface area contributed by atoms with E-state index in [1.165, 1.54) is 0 Å². The number of nitrogens with one attached hydrogen (secondary N) is 3. The molecule has 1 unspecified atom stereocenters. The Bertz CT molecular complexity index is 1070. The Morgan fingerprint density at radius 1 is 1.10 bits per heavy atom. The maximum Gasteiger partial charge on any atom is 0.323 e. The summed E-state index contributed by atoms with van der Waals surface area (Å²) >= 11 is 0. The monoisotopic (exact) mass is 429 g/mol. The van der Waals surface area contributed by atoms with Crippen molar-refractivity contribution in [3.05, 3.63) is 60.6 Å². The number of rotatable bonds is 5. The summed E-state index contributed by atoms with van der Waals surface area (Å²) in [5, 5.41) is 8.30. The minimum atomic E-state index is -2.46. The Labute approximate surface area is 174 Å². The Balaban J connectivity index is 1.28. The van der Waals surface area contributed by atoms with Crippen LogP contribution < -0.4 is 16.0 Å². The van der Waals surface area contributed by atoms with E-state index >= 15 is 0 Å². The molecule has 0 radical (unpaired) electrons. The van der Waals surface area contributed by atoms with Crippen molar-refractivity contribution in [3.8, 4) is 0 Å². The zero-order chi connectivity index (χ0) is 21.1. The number of carbonyl (C=O) groups excluding carboxylic acids is 2. The van der Waals surface area contributed by atoms with Crippen LogP contribution in [0.3, 0.4) is 0 Å². The summed E-state index contributed by atoms with van der Waals surface area (Å²) in [6.45, 7) is 0.415. The summed E-state index contributed by atoms with van der Waals surface area (Å²) in [7, 11) is -2.46. The first-order valence-electron chi connectivity index (χ1n) is 9.50. The van der Waals surface area contributed by atoms with Gasteiger partial charge < -0.3 is 20.4 Å². The number of amides is 3. The molecule has 10 heteroatoms. The molecule has 1 aromatic carbocycles. The van der Waals surface area contributed by atoms with E-state index in [0.717, 1.165) is 5.65 Å². The molecule has 1 aliphatic rings. The molecule has 1 fully saturated rings. The van der Waals surface area contributed by atoms with E-state index in [-0.39, 0.29) is 11.8 Å². The number of benzene rings is 1. The highest BCUT2D eigenvalue weighted by Gasteiger charge is 2.28. The normalized spacial score (nSPS) is 18.7. The standard InChI is InChI=1S/C20H23N5O4S/c26-19(22-11-14-7-10-30(28,29)13-14)15-1-3-16(4-2-15)23-20(27)24-17-5-6-18-21-8-9-25(18)12-17/h1-6,8-9,12,14,28-29H,7,10-11,13H2,(H,22,26)(H2,23,24,27). The summed E-state index contributed by atoms with van der Waals surface area (Å²) in [4.78, 5) is 28.6. The van der Waals surface area contributed by atoms with Gasteiger partial charge in [-0.05, 0) is 48.7 Å². The first-order chi connectivity index (χ1) is 14.4. The number of fused-ring (bicyclic) bond motifs is 1. The highest BCUT2D eigenvalue weighted by atomic mass is 32.3. The van der Waals surface area contributed by atoms with Crippen molar-refractivity contribution >= 4 is 39.6 Å². The number of hydrogen-bond donors (Lipinski definition) is 5.